The summed E-state index contributed by atoms with van der Waals surface area (Å²) in [6.07, 6.45) is 0.988. The lowest BCUT2D eigenvalue weighted by atomic mass is 9.75. The van der Waals surface area contributed by atoms with Crippen molar-refractivity contribution in [1.82, 2.24) is 10.6 Å². The van der Waals surface area contributed by atoms with E-state index in [2.05, 4.69) is 15.6 Å². The van der Waals surface area contributed by atoms with Gasteiger partial charge < -0.3 is 33.6 Å². The molecule has 0 aliphatic heterocycles. The lowest BCUT2D eigenvalue weighted by molar-refractivity contribution is -0.135. The summed E-state index contributed by atoms with van der Waals surface area (Å²) in [5.41, 5.74) is 22.3. The molecule has 0 aromatic heterocycles. The molecule has 0 saturated carbocycles. The molecule has 0 spiro atoms. The third kappa shape index (κ3) is 8.82. The molecule has 3 atom stereocenters. The number of nitrogens with zero attached hydrogens (tertiary/aromatic N) is 1. The topological polar surface area (TPSA) is 216 Å². The maximum atomic E-state index is 14.0. The van der Waals surface area contributed by atoms with Crippen molar-refractivity contribution in [3.8, 4) is 0 Å². The second-order valence-corrected chi connectivity index (χ2v) is 11.2. The van der Waals surface area contributed by atoms with Crippen molar-refractivity contribution in [2.24, 2.45) is 33.3 Å². The highest BCUT2D eigenvalue weighted by atomic mass is 16.2. The molecule has 11 nitrogen and oxygen atoms in total. The molecule has 0 radical (unpaired) electrons. The SMILES string of the molecule is CC(C)(C)[C@H](NC(=O)[C@](C)(Cc1ccc(C(=N)N)cc1)c1ccccc1)C(=O)N[C@@H](CCCN=C(N)N)C(N)=O. The van der Waals surface area contributed by atoms with Gasteiger partial charge in [0.05, 0.1) is 5.41 Å². The van der Waals surface area contributed by atoms with E-state index in [1.165, 1.54) is 0 Å². The summed E-state index contributed by atoms with van der Waals surface area (Å²) in [5, 5.41) is 13.3. The van der Waals surface area contributed by atoms with E-state index in [9.17, 15) is 14.4 Å². The maximum absolute atomic E-state index is 14.0. The smallest absolute Gasteiger partial charge is 0.243 e. The molecule has 0 fully saturated rings. The molecule has 11 N–H and O–H groups in total. The van der Waals surface area contributed by atoms with E-state index in [-0.39, 0.29) is 30.7 Å². The van der Waals surface area contributed by atoms with Gasteiger partial charge in [-0.25, -0.2) is 0 Å². The van der Waals surface area contributed by atoms with Crippen LogP contribution >= 0.6 is 0 Å². The number of nitrogens with one attached hydrogen (secondary N) is 3. The van der Waals surface area contributed by atoms with Crippen LogP contribution in [0.4, 0.5) is 0 Å². The molecule has 0 aliphatic rings. The first-order valence-corrected chi connectivity index (χ1v) is 13.1. The van der Waals surface area contributed by atoms with Gasteiger partial charge in [0, 0.05) is 12.1 Å². The molecule has 216 valence electrons. The Morgan fingerprint density at radius 1 is 0.900 bits per heavy atom. The van der Waals surface area contributed by atoms with E-state index in [1.807, 2.05) is 70.2 Å². The van der Waals surface area contributed by atoms with E-state index >= 15 is 0 Å². The molecule has 0 heterocycles. The first-order valence-electron chi connectivity index (χ1n) is 13.1. The first kappa shape index (κ1) is 31.8. The van der Waals surface area contributed by atoms with Gasteiger partial charge in [0.15, 0.2) is 5.96 Å². The molecule has 2 aromatic carbocycles. The molecule has 40 heavy (non-hydrogen) atoms. The van der Waals surface area contributed by atoms with Crippen molar-refractivity contribution in [1.29, 1.82) is 5.41 Å². The average molecular weight is 551 g/mol. The zero-order valence-corrected chi connectivity index (χ0v) is 23.7. The number of amidine groups is 1. The van der Waals surface area contributed by atoms with E-state index in [4.69, 9.17) is 28.3 Å². The quantitative estimate of drug-likeness (QED) is 0.110. The molecule has 0 unspecified atom stereocenters. The number of aliphatic imine (C=N–C) groups is 1. The van der Waals surface area contributed by atoms with Crippen molar-refractivity contribution in [3.63, 3.8) is 0 Å². The number of benzene rings is 2. The molecule has 2 aromatic rings. The van der Waals surface area contributed by atoms with Gasteiger partial charge in [0.1, 0.15) is 17.9 Å². The van der Waals surface area contributed by atoms with Crippen LogP contribution in [0.5, 0.6) is 0 Å². The molecule has 0 aliphatic carbocycles. The minimum absolute atomic E-state index is 0.0420. The lowest BCUT2D eigenvalue weighted by Gasteiger charge is -2.36. The summed E-state index contributed by atoms with van der Waals surface area (Å²) < 4.78 is 0. The summed E-state index contributed by atoms with van der Waals surface area (Å²) in [4.78, 5) is 43.5. The van der Waals surface area contributed by atoms with Crippen LogP contribution in [0.3, 0.4) is 0 Å². The molecule has 0 saturated heterocycles. The van der Waals surface area contributed by atoms with Crippen molar-refractivity contribution in [2.45, 2.75) is 64.5 Å². The highest BCUT2D eigenvalue weighted by molar-refractivity contribution is 5.96. The van der Waals surface area contributed by atoms with Gasteiger partial charge in [-0.05, 0) is 42.7 Å². The summed E-state index contributed by atoms with van der Waals surface area (Å²) in [6.45, 7) is 7.59. The number of guanidine groups is 1. The van der Waals surface area contributed by atoms with Gasteiger partial charge in [-0.3, -0.25) is 24.8 Å². The normalized spacial score (nSPS) is 14.2. The van der Waals surface area contributed by atoms with Crippen LogP contribution in [-0.4, -0.2) is 48.1 Å². The van der Waals surface area contributed by atoms with Gasteiger partial charge in [0.2, 0.25) is 17.7 Å². The number of carbonyl (C=O) groups excluding carboxylic acids is 3. The Kier molecular flexibility index (Phi) is 10.8. The van der Waals surface area contributed by atoms with Crippen molar-refractivity contribution in [2.75, 3.05) is 6.54 Å². The number of nitrogens with two attached hydrogens (primary N) is 4. The molecule has 11 heteroatoms. The van der Waals surface area contributed by atoms with E-state index in [0.717, 1.165) is 11.1 Å². The van der Waals surface area contributed by atoms with Gasteiger partial charge in [-0.2, -0.15) is 0 Å². The highest BCUT2D eigenvalue weighted by Crippen LogP contribution is 2.30. The molecular weight excluding hydrogens is 508 g/mol. The van der Waals surface area contributed by atoms with Crippen LogP contribution in [0.1, 0.15) is 57.2 Å². The predicted molar refractivity (Wildman–Crippen MR) is 157 cm³/mol. The number of amides is 3. The van der Waals surface area contributed by atoms with E-state index in [0.29, 0.717) is 18.4 Å². The Morgan fingerprint density at radius 2 is 1.50 bits per heavy atom. The number of nitrogen functional groups attached to an aromatic ring is 1. The predicted octanol–water partition coefficient (Wildman–Crippen LogP) is 1.03. The van der Waals surface area contributed by atoms with Gasteiger partial charge in [0.25, 0.3) is 0 Å². The third-order valence-corrected chi connectivity index (χ3v) is 6.74. The fourth-order valence-electron chi connectivity index (χ4n) is 4.34. The summed E-state index contributed by atoms with van der Waals surface area (Å²) >= 11 is 0. The van der Waals surface area contributed by atoms with Crippen LogP contribution in [-0.2, 0) is 26.2 Å². The monoisotopic (exact) mass is 550 g/mol. The minimum atomic E-state index is -1.05. The summed E-state index contributed by atoms with van der Waals surface area (Å²) in [6, 6.07) is 14.5. The maximum Gasteiger partial charge on any atom is 0.243 e. The Morgan fingerprint density at radius 3 is 2.00 bits per heavy atom. The van der Waals surface area contributed by atoms with Gasteiger partial charge in [-0.1, -0.05) is 75.4 Å². The van der Waals surface area contributed by atoms with Crippen molar-refractivity contribution >= 4 is 29.5 Å². The van der Waals surface area contributed by atoms with Crippen LogP contribution in [0.2, 0.25) is 0 Å². The number of rotatable bonds is 13. The van der Waals surface area contributed by atoms with E-state index < -0.39 is 34.7 Å². The minimum Gasteiger partial charge on any atom is -0.384 e. The number of hydrogen-bond donors (Lipinski definition) is 7. The van der Waals surface area contributed by atoms with Gasteiger partial charge >= 0.3 is 0 Å². The second-order valence-electron chi connectivity index (χ2n) is 11.2. The average Bonchev–Trinajstić information content (AvgIpc) is 2.88. The fraction of sp³-hybridized carbons (Fsp3) is 0.414. The number of carbonyl (C=O) groups is 3. The largest absolute Gasteiger partial charge is 0.384 e. The number of hydrogen-bond acceptors (Lipinski definition) is 5. The zero-order valence-electron chi connectivity index (χ0n) is 23.7. The van der Waals surface area contributed by atoms with E-state index in [1.54, 1.807) is 12.1 Å². The molecule has 3 amide bonds. The Labute approximate surface area is 235 Å². The third-order valence-electron chi connectivity index (χ3n) is 6.74. The van der Waals surface area contributed by atoms with Crippen LogP contribution < -0.4 is 33.6 Å². The van der Waals surface area contributed by atoms with Crippen molar-refractivity contribution in [3.05, 3.63) is 71.3 Å². The highest BCUT2D eigenvalue weighted by Gasteiger charge is 2.41. The van der Waals surface area contributed by atoms with Crippen LogP contribution in [0.25, 0.3) is 0 Å². The van der Waals surface area contributed by atoms with Crippen LogP contribution in [0.15, 0.2) is 59.6 Å². The van der Waals surface area contributed by atoms with Crippen molar-refractivity contribution < 1.29 is 14.4 Å². The summed E-state index contributed by atoms with van der Waals surface area (Å²) in [7, 11) is 0. The molecule has 0 bridgehead atoms. The fourth-order valence-corrected chi connectivity index (χ4v) is 4.34. The van der Waals surface area contributed by atoms with Gasteiger partial charge in [-0.15, -0.1) is 0 Å². The number of primary amides is 1. The first-order chi connectivity index (χ1) is 18.6. The Balaban J connectivity index is 2.33. The molecule has 2 rings (SSSR count). The zero-order chi connectivity index (χ0) is 30.1. The molecular formula is C29H42N8O3. The summed E-state index contributed by atoms with van der Waals surface area (Å²) in [5.74, 6) is -1.67. The van der Waals surface area contributed by atoms with Crippen LogP contribution in [0, 0.1) is 10.8 Å². The second kappa shape index (κ2) is 13.6. The Bertz CT molecular complexity index is 1220. The lowest BCUT2D eigenvalue weighted by Crippen LogP contribution is -2.60. The Hall–Kier alpha value is -4.41. The standard InChI is InChI=1S/C29H42N8O3/c1-28(2,3)22(25(39)36-21(24(32)38)11-8-16-35-27(33)34)37-26(40)29(4,20-9-6-5-7-10-20)17-18-12-14-19(15-13-18)23(30)31/h5-7,9-10,12-15,21-22H,8,11,16-17H2,1-4H3,(H3,30,31)(H2,32,38)(H,36,39)(H,37,40)(H4,33,34,35)/t21-,22+,29+/m0/s1.